The molecule has 5 rings (SSSR count). The Morgan fingerprint density at radius 2 is 1.79 bits per heavy atom. The first-order valence-corrected chi connectivity index (χ1v) is 9.87. The lowest BCUT2D eigenvalue weighted by molar-refractivity contribution is 0.310. The number of hydrogen-bond acceptors (Lipinski definition) is 2. The van der Waals surface area contributed by atoms with Crippen LogP contribution in [0.2, 0.25) is 0 Å². The Kier molecular flexibility index (Phi) is 4.12. The Bertz CT molecular complexity index is 1140. The molecule has 0 bridgehead atoms. The fraction of sp³-hybridized carbons (Fsp3) is 0.192. The van der Waals surface area contributed by atoms with Gasteiger partial charge in [-0.15, -0.1) is 0 Å². The van der Waals surface area contributed by atoms with E-state index < -0.39 is 0 Å². The van der Waals surface area contributed by atoms with Gasteiger partial charge in [-0.25, -0.2) is 0 Å². The first-order chi connectivity index (χ1) is 13.7. The average molecular weight is 365 g/mol. The molecule has 0 fully saturated rings. The molecule has 2 aliphatic rings. The van der Waals surface area contributed by atoms with Crippen molar-refractivity contribution >= 4 is 28.8 Å². The molecular weight excluding hydrogens is 342 g/mol. The van der Waals surface area contributed by atoms with Gasteiger partial charge in [-0.05, 0) is 46.9 Å². The van der Waals surface area contributed by atoms with E-state index in [9.17, 15) is 0 Å². The van der Waals surface area contributed by atoms with Gasteiger partial charge in [0.15, 0.2) is 5.90 Å². The molecule has 1 atom stereocenters. The van der Waals surface area contributed by atoms with E-state index in [0.29, 0.717) is 6.61 Å². The molecule has 0 radical (unpaired) electrons. The molecule has 3 aromatic rings. The minimum Gasteiger partial charge on any atom is -0.478 e. The standard InChI is InChI=1S/C26H23NO/c1-19-16-22-7-4-5-9-24(22)18-26(19,25-27-14-15-28-25)13-12-20-10-11-21-6-2-3-8-23(21)17-20/h2-13,16-17H,14-15,18H2,1H3. The van der Waals surface area contributed by atoms with Crippen LogP contribution in [0, 0.1) is 5.41 Å². The zero-order valence-electron chi connectivity index (χ0n) is 16.1. The van der Waals surface area contributed by atoms with Gasteiger partial charge < -0.3 is 4.74 Å². The molecule has 0 N–H and O–H groups in total. The largest absolute Gasteiger partial charge is 0.478 e. The third kappa shape index (κ3) is 2.86. The number of ether oxygens (including phenoxy) is 1. The van der Waals surface area contributed by atoms with Crippen molar-refractivity contribution in [3.05, 3.63) is 95.1 Å². The zero-order valence-corrected chi connectivity index (χ0v) is 16.1. The first-order valence-electron chi connectivity index (χ1n) is 9.87. The predicted octanol–water partition coefficient (Wildman–Crippen LogP) is 5.93. The van der Waals surface area contributed by atoms with E-state index in [0.717, 1.165) is 18.9 Å². The summed E-state index contributed by atoms with van der Waals surface area (Å²) in [5.74, 6) is 0.854. The summed E-state index contributed by atoms with van der Waals surface area (Å²) in [6.07, 6.45) is 7.69. The van der Waals surface area contributed by atoms with Gasteiger partial charge in [0.1, 0.15) is 6.61 Å². The molecule has 3 aromatic carbocycles. The smallest absolute Gasteiger partial charge is 0.198 e. The van der Waals surface area contributed by atoms with E-state index >= 15 is 0 Å². The second kappa shape index (κ2) is 6.79. The van der Waals surface area contributed by atoms with Crippen molar-refractivity contribution in [1.82, 2.24) is 0 Å². The molecule has 1 aliphatic carbocycles. The maximum absolute atomic E-state index is 6.00. The first kappa shape index (κ1) is 17.0. The fourth-order valence-corrected chi connectivity index (χ4v) is 4.30. The summed E-state index contributed by atoms with van der Waals surface area (Å²) in [6.45, 7) is 3.62. The van der Waals surface area contributed by atoms with E-state index in [1.165, 1.54) is 33.0 Å². The number of hydrogen-bond donors (Lipinski definition) is 0. The summed E-state index contributed by atoms with van der Waals surface area (Å²) in [6, 6.07) is 23.7. The molecule has 2 nitrogen and oxygen atoms in total. The van der Waals surface area contributed by atoms with Gasteiger partial charge in [0.2, 0.25) is 0 Å². The van der Waals surface area contributed by atoms with Crippen LogP contribution < -0.4 is 0 Å². The third-order valence-corrected chi connectivity index (χ3v) is 5.90. The van der Waals surface area contributed by atoms with Gasteiger partial charge in [-0.3, -0.25) is 4.99 Å². The minimum atomic E-state index is -0.309. The summed E-state index contributed by atoms with van der Waals surface area (Å²) >= 11 is 0. The van der Waals surface area contributed by atoms with Crippen molar-refractivity contribution in [3.8, 4) is 0 Å². The Hall–Kier alpha value is -3.13. The average Bonchev–Trinajstić information content (AvgIpc) is 3.27. The summed E-state index contributed by atoms with van der Waals surface area (Å²) in [5, 5.41) is 2.52. The Morgan fingerprint density at radius 1 is 0.964 bits per heavy atom. The maximum atomic E-state index is 6.00. The summed E-state index contributed by atoms with van der Waals surface area (Å²) in [7, 11) is 0. The van der Waals surface area contributed by atoms with Crippen LogP contribution in [0.4, 0.5) is 0 Å². The molecule has 1 heterocycles. The van der Waals surface area contributed by atoms with Crippen LogP contribution in [0.25, 0.3) is 22.9 Å². The number of fused-ring (bicyclic) bond motifs is 2. The Labute approximate surface area is 165 Å². The lowest BCUT2D eigenvalue weighted by Crippen LogP contribution is -2.35. The highest BCUT2D eigenvalue weighted by Crippen LogP contribution is 2.42. The molecule has 28 heavy (non-hydrogen) atoms. The lowest BCUT2D eigenvalue weighted by atomic mass is 9.70. The van der Waals surface area contributed by atoms with Crippen molar-refractivity contribution in [2.24, 2.45) is 10.4 Å². The molecule has 1 unspecified atom stereocenters. The van der Waals surface area contributed by atoms with Crippen LogP contribution in [-0.4, -0.2) is 19.0 Å². The van der Waals surface area contributed by atoms with Crippen LogP contribution in [0.1, 0.15) is 23.6 Å². The van der Waals surface area contributed by atoms with Crippen molar-refractivity contribution in [2.45, 2.75) is 13.3 Å². The summed E-state index contributed by atoms with van der Waals surface area (Å²) < 4.78 is 6.00. The normalized spacial score (nSPS) is 21.3. The van der Waals surface area contributed by atoms with Crippen LogP contribution in [0.3, 0.4) is 0 Å². The van der Waals surface area contributed by atoms with Gasteiger partial charge in [-0.2, -0.15) is 0 Å². The molecule has 0 saturated carbocycles. The third-order valence-electron chi connectivity index (χ3n) is 5.90. The molecule has 138 valence electrons. The van der Waals surface area contributed by atoms with E-state index in [2.05, 4.69) is 91.9 Å². The molecule has 0 spiro atoms. The Morgan fingerprint density at radius 3 is 2.64 bits per heavy atom. The molecule has 1 aliphatic heterocycles. The quantitative estimate of drug-likeness (QED) is 0.564. The maximum Gasteiger partial charge on any atom is 0.198 e. The van der Waals surface area contributed by atoms with Crippen molar-refractivity contribution in [3.63, 3.8) is 0 Å². The van der Waals surface area contributed by atoms with Crippen LogP contribution in [0.5, 0.6) is 0 Å². The van der Waals surface area contributed by atoms with Gasteiger partial charge >= 0.3 is 0 Å². The molecule has 0 saturated heterocycles. The molecular formula is C26H23NO. The molecule has 2 heteroatoms. The van der Waals surface area contributed by atoms with Crippen molar-refractivity contribution in [1.29, 1.82) is 0 Å². The fourth-order valence-electron chi connectivity index (χ4n) is 4.30. The zero-order chi connectivity index (χ0) is 19.0. The molecule has 0 aromatic heterocycles. The lowest BCUT2D eigenvalue weighted by Gasteiger charge is -2.35. The van der Waals surface area contributed by atoms with E-state index in [4.69, 9.17) is 9.73 Å². The summed E-state index contributed by atoms with van der Waals surface area (Å²) in [4.78, 5) is 4.72. The number of benzene rings is 3. The topological polar surface area (TPSA) is 21.6 Å². The monoisotopic (exact) mass is 365 g/mol. The van der Waals surface area contributed by atoms with Crippen LogP contribution >= 0.6 is 0 Å². The second-order valence-electron chi connectivity index (χ2n) is 7.65. The minimum absolute atomic E-state index is 0.309. The highest BCUT2D eigenvalue weighted by atomic mass is 16.5. The Balaban J connectivity index is 1.59. The summed E-state index contributed by atoms with van der Waals surface area (Å²) in [5.41, 5.74) is 4.81. The highest BCUT2D eigenvalue weighted by Gasteiger charge is 2.41. The second-order valence-corrected chi connectivity index (χ2v) is 7.65. The number of aliphatic imine (C=N–C) groups is 1. The van der Waals surface area contributed by atoms with Crippen molar-refractivity contribution in [2.75, 3.05) is 13.2 Å². The van der Waals surface area contributed by atoms with Crippen LogP contribution in [0.15, 0.2) is 83.4 Å². The SMILES string of the molecule is CC1=Cc2ccccc2CC1(C=Cc1ccc2ccccc2c1)C1=NCCO1. The van der Waals surface area contributed by atoms with Gasteiger partial charge in [-0.1, -0.05) is 84.5 Å². The van der Waals surface area contributed by atoms with E-state index in [1.54, 1.807) is 0 Å². The number of nitrogens with zero attached hydrogens (tertiary/aromatic N) is 1. The van der Waals surface area contributed by atoms with Gasteiger partial charge in [0, 0.05) is 0 Å². The number of rotatable bonds is 3. The predicted molar refractivity (Wildman–Crippen MR) is 117 cm³/mol. The van der Waals surface area contributed by atoms with Gasteiger partial charge in [0.05, 0.1) is 12.0 Å². The van der Waals surface area contributed by atoms with Gasteiger partial charge in [0.25, 0.3) is 0 Å². The van der Waals surface area contributed by atoms with Crippen molar-refractivity contribution < 1.29 is 4.74 Å². The molecule has 0 amide bonds. The van der Waals surface area contributed by atoms with Crippen LogP contribution in [-0.2, 0) is 11.2 Å². The van der Waals surface area contributed by atoms with E-state index in [-0.39, 0.29) is 5.41 Å². The highest BCUT2D eigenvalue weighted by molar-refractivity contribution is 5.93. The van der Waals surface area contributed by atoms with E-state index in [1.807, 2.05) is 0 Å².